The fourth-order valence-electron chi connectivity index (χ4n) is 3.71. The number of amides is 1. The molecule has 1 saturated heterocycles. The Morgan fingerprint density at radius 3 is 2.65 bits per heavy atom. The first-order valence-corrected chi connectivity index (χ1v) is 11.0. The molecule has 1 unspecified atom stereocenters. The van der Waals surface area contributed by atoms with E-state index in [1.54, 1.807) is 6.33 Å². The van der Waals surface area contributed by atoms with Crippen LogP contribution in [0, 0.1) is 11.8 Å². The minimum atomic E-state index is -4.59. The van der Waals surface area contributed by atoms with E-state index in [1.165, 1.54) is 12.8 Å². The first-order chi connectivity index (χ1) is 14.7. The summed E-state index contributed by atoms with van der Waals surface area (Å²) in [6, 6.07) is 1.66. The summed E-state index contributed by atoms with van der Waals surface area (Å²) in [5.41, 5.74) is -1.00. The molecule has 2 atom stereocenters. The molecule has 3 heterocycles. The van der Waals surface area contributed by atoms with Gasteiger partial charge in [-0.25, -0.2) is 14.2 Å². The van der Waals surface area contributed by atoms with Gasteiger partial charge < -0.3 is 9.47 Å². The van der Waals surface area contributed by atoms with E-state index in [4.69, 9.17) is 0 Å². The van der Waals surface area contributed by atoms with Crippen molar-refractivity contribution >= 4 is 28.8 Å². The van der Waals surface area contributed by atoms with Gasteiger partial charge in [0.2, 0.25) is 5.91 Å². The van der Waals surface area contributed by atoms with Crippen LogP contribution >= 0.6 is 0 Å². The molecule has 1 amide bonds. The molecule has 8 nitrogen and oxygen atoms in total. The molecule has 2 aromatic heterocycles. The van der Waals surface area contributed by atoms with Gasteiger partial charge >= 0.3 is 6.18 Å². The monoisotopic (exact) mass is 457 g/mol. The quantitative estimate of drug-likeness (QED) is 0.671. The van der Waals surface area contributed by atoms with E-state index in [9.17, 15) is 26.7 Å². The highest BCUT2D eigenvalue weighted by molar-refractivity contribution is 7.81. The number of carbonyl (C=O) groups is 1. The third kappa shape index (κ3) is 5.06. The first-order valence-electron chi connectivity index (χ1n) is 9.97. The molecule has 1 aliphatic heterocycles. The van der Waals surface area contributed by atoms with Gasteiger partial charge in [0.1, 0.15) is 11.6 Å². The van der Waals surface area contributed by atoms with Crippen LogP contribution in [0.15, 0.2) is 30.9 Å². The van der Waals surface area contributed by atoms with Crippen LogP contribution in [0.1, 0.15) is 31.2 Å². The number of halogens is 3. The Hall–Kier alpha value is -2.47. The number of alkyl halides is 3. The molecular weight excluding hydrogens is 435 g/mol. The number of imidazole rings is 1. The molecule has 0 spiro atoms. The smallest absolute Gasteiger partial charge is 0.355 e. The highest BCUT2D eigenvalue weighted by atomic mass is 32.2. The van der Waals surface area contributed by atoms with Crippen LogP contribution in [0.25, 0.3) is 0 Å². The number of carbonyl (C=O) groups excluding carboxylic acids is 1. The molecule has 31 heavy (non-hydrogen) atoms. The SMILES string of the molecule is O=C([C@@H]1CCCN(c2cn(CC3CC3)cn2)C1)N(c1ccc(C(F)(F)F)cn1)S(=O)O. The van der Waals surface area contributed by atoms with E-state index in [1.807, 2.05) is 15.7 Å². The summed E-state index contributed by atoms with van der Waals surface area (Å²) in [4.78, 5) is 23.0. The summed E-state index contributed by atoms with van der Waals surface area (Å²) < 4.78 is 62.4. The fourth-order valence-corrected chi connectivity index (χ4v) is 4.28. The van der Waals surface area contributed by atoms with Gasteiger partial charge in [-0.2, -0.15) is 17.5 Å². The lowest BCUT2D eigenvalue weighted by Gasteiger charge is -2.33. The van der Waals surface area contributed by atoms with Crippen LogP contribution in [-0.2, 0) is 28.8 Å². The van der Waals surface area contributed by atoms with E-state index < -0.39 is 34.8 Å². The lowest BCUT2D eigenvalue weighted by molar-refractivity contribution is -0.137. The highest BCUT2D eigenvalue weighted by Gasteiger charge is 2.35. The molecule has 168 valence electrons. The molecule has 1 N–H and O–H groups in total. The van der Waals surface area contributed by atoms with Gasteiger partial charge in [0.25, 0.3) is 11.3 Å². The number of pyridine rings is 1. The Kier molecular flexibility index (Phi) is 6.02. The average Bonchev–Trinajstić information content (AvgIpc) is 3.42. The van der Waals surface area contributed by atoms with Crippen LogP contribution in [0.5, 0.6) is 0 Å². The number of aromatic nitrogens is 3. The normalized spacial score (nSPS) is 20.5. The second kappa shape index (κ2) is 8.58. The number of hydrogen-bond donors (Lipinski definition) is 1. The van der Waals surface area contributed by atoms with Crippen molar-refractivity contribution in [2.75, 3.05) is 22.3 Å². The van der Waals surface area contributed by atoms with Crippen LogP contribution < -0.4 is 9.21 Å². The van der Waals surface area contributed by atoms with Gasteiger partial charge in [0.15, 0.2) is 0 Å². The fraction of sp³-hybridized carbons (Fsp3) is 0.526. The average molecular weight is 457 g/mol. The van der Waals surface area contributed by atoms with Crippen molar-refractivity contribution in [3.8, 4) is 0 Å². The van der Waals surface area contributed by atoms with Crippen molar-refractivity contribution < 1.29 is 26.7 Å². The first kappa shape index (κ1) is 21.8. The Morgan fingerprint density at radius 2 is 2.03 bits per heavy atom. The zero-order valence-corrected chi connectivity index (χ0v) is 17.3. The number of anilines is 2. The topological polar surface area (TPSA) is 91.6 Å². The van der Waals surface area contributed by atoms with Gasteiger partial charge in [0, 0.05) is 32.0 Å². The van der Waals surface area contributed by atoms with E-state index in [0.29, 0.717) is 42.4 Å². The maximum Gasteiger partial charge on any atom is 0.417 e. The van der Waals surface area contributed by atoms with Crippen molar-refractivity contribution in [1.82, 2.24) is 14.5 Å². The summed E-state index contributed by atoms with van der Waals surface area (Å²) in [6.45, 7) is 1.92. The van der Waals surface area contributed by atoms with Crippen molar-refractivity contribution in [3.05, 3.63) is 36.4 Å². The minimum Gasteiger partial charge on any atom is -0.355 e. The lowest BCUT2D eigenvalue weighted by atomic mass is 9.97. The second-order valence-corrected chi connectivity index (χ2v) is 8.75. The van der Waals surface area contributed by atoms with Crippen LogP contribution in [-0.4, -0.2) is 42.3 Å². The van der Waals surface area contributed by atoms with Gasteiger partial charge in [-0.05, 0) is 43.7 Å². The van der Waals surface area contributed by atoms with Gasteiger partial charge in [-0.3, -0.25) is 9.35 Å². The van der Waals surface area contributed by atoms with Crippen LogP contribution in [0.2, 0.25) is 0 Å². The Balaban J connectivity index is 1.48. The molecule has 1 saturated carbocycles. The summed E-state index contributed by atoms with van der Waals surface area (Å²) in [5.74, 6) is -0.132. The predicted octanol–water partition coefficient (Wildman–Crippen LogP) is 3.09. The van der Waals surface area contributed by atoms with E-state index >= 15 is 0 Å². The number of rotatable bonds is 6. The van der Waals surface area contributed by atoms with Gasteiger partial charge in [-0.15, -0.1) is 0 Å². The predicted molar refractivity (Wildman–Crippen MR) is 107 cm³/mol. The molecule has 2 aliphatic rings. The summed E-state index contributed by atoms with van der Waals surface area (Å²) in [7, 11) is 0. The number of nitrogens with zero attached hydrogens (tertiary/aromatic N) is 5. The molecule has 1 aliphatic carbocycles. The highest BCUT2D eigenvalue weighted by Crippen LogP contribution is 2.32. The lowest BCUT2D eigenvalue weighted by Crippen LogP contribution is -2.46. The Morgan fingerprint density at radius 1 is 1.26 bits per heavy atom. The minimum absolute atomic E-state index is 0.299. The van der Waals surface area contributed by atoms with Gasteiger partial charge in [-0.1, -0.05) is 0 Å². The zero-order chi connectivity index (χ0) is 22.2. The maximum absolute atomic E-state index is 13.0. The Labute approximate surface area is 179 Å². The second-order valence-electron chi connectivity index (χ2n) is 7.92. The van der Waals surface area contributed by atoms with E-state index in [-0.39, 0.29) is 5.82 Å². The third-order valence-electron chi connectivity index (χ3n) is 5.52. The van der Waals surface area contributed by atoms with Gasteiger partial charge in [0.05, 0.1) is 17.8 Å². The molecule has 0 radical (unpaired) electrons. The van der Waals surface area contributed by atoms with E-state index in [0.717, 1.165) is 24.5 Å². The zero-order valence-electron chi connectivity index (χ0n) is 16.5. The largest absolute Gasteiger partial charge is 0.417 e. The molecule has 0 bridgehead atoms. The molecular formula is C19H22F3N5O3S. The molecule has 4 rings (SSSR count). The molecule has 2 fully saturated rings. The molecule has 12 heteroatoms. The summed E-state index contributed by atoms with van der Waals surface area (Å²) in [6.07, 6.45) is 3.27. The van der Waals surface area contributed by atoms with Crippen molar-refractivity contribution in [1.29, 1.82) is 0 Å². The maximum atomic E-state index is 13.0. The molecule has 2 aromatic rings. The summed E-state index contributed by atoms with van der Waals surface area (Å²) >= 11 is -2.76. The Bertz CT molecular complexity index is 961. The van der Waals surface area contributed by atoms with Crippen LogP contribution in [0.3, 0.4) is 0 Å². The van der Waals surface area contributed by atoms with Crippen molar-refractivity contribution in [2.24, 2.45) is 11.8 Å². The van der Waals surface area contributed by atoms with Crippen molar-refractivity contribution in [3.63, 3.8) is 0 Å². The third-order valence-corrected chi connectivity index (χ3v) is 6.20. The summed E-state index contributed by atoms with van der Waals surface area (Å²) in [5, 5.41) is 0. The number of hydrogen-bond acceptors (Lipinski definition) is 5. The van der Waals surface area contributed by atoms with Crippen LogP contribution in [0.4, 0.5) is 24.8 Å². The van der Waals surface area contributed by atoms with Crippen molar-refractivity contribution in [2.45, 2.75) is 38.4 Å². The number of piperidine rings is 1. The van der Waals surface area contributed by atoms with E-state index in [2.05, 4.69) is 9.97 Å². The standard InChI is InChI=1S/C19H22F3N5O3S/c20-19(21,22)15-5-6-16(23-8-15)27(31(29)30)18(28)14-2-1-7-26(10-14)17-11-25(12-24-17)9-13-3-4-13/h5-6,8,11-14H,1-4,7,9-10H2,(H,29,30)/t14-/m1/s1. The molecule has 0 aromatic carbocycles.